The number of ether oxygens (including phenoxy) is 1. The van der Waals surface area contributed by atoms with Gasteiger partial charge in [-0.25, -0.2) is 9.97 Å². The number of halogens is 1. The van der Waals surface area contributed by atoms with E-state index in [1.807, 2.05) is 73.7 Å². The van der Waals surface area contributed by atoms with Gasteiger partial charge in [-0.1, -0.05) is 48.0 Å². The maximum absolute atomic E-state index is 12.2. The number of nitrogens with one attached hydrogen (secondary N) is 2. The molecule has 1 aliphatic rings. The van der Waals surface area contributed by atoms with Crippen molar-refractivity contribution in [1.29, 1.82) is 0 Å². The fourth-order valence-electron chi connectivity index (χ4n) is 4.99. The van der Waals surface area contributed by atoms with Gasteiger partial charge in [-0.05, 0) is 63.2 Å². The molecule has 202 valence electrons. The number of nitrogens with zero attached hydrogens (tertiary/aromatic N) is 3. The van der Waals surface area contributed by atoms with Gasteiger partial charge in [0, 0.05) is 48.1 Å². The number of hydrogen-bond donors (Lipinski definition) is 2. The molecule has 1 saturated carbocycles. The summed E-state index contributed by atoms with van der Waals surface area (Å²) in [7, 11) is 3.96. The molecule has 1 aliphatic carbocycles. The van der Waals surface area contributed by atoms with Gasteiger partial charge in [0.05, 0.1) is 16.9 Å². The van der Waals surface area contributed by atoms with Gasteiger partial charge in [0.2, 0.25) is 5.95 Å². The van der Waals surface area contributed by atoms with Crippen molar-refractivity contribution in [2.45, 2.75) is 44.2 Å². The lowest BCUT2D eigenvalue weighted by molar-refractivity contribution is -0.114. The van der Waals surface area contributed by atoms with Crippen LogP contribution in [0.15, 0.2) is 73.1 Å². The van der Waals surface area contributed by atoms with Crippen LogP contribution >= 0.6 is 11.6 Å². The number of benzene rings is 2. The second-order valence-corrected chi connectivity index (χ2v) is 10.7. The van der Waals surface area contributed by atoms with E-state index in [4.69, 9.17) is 21.3 Å². The molecule has 2 aromatic carbocycles. The molecule has 2 N–H and O–H groups in total. The highest BCUT2D eigenvalue weighted by Gasteiger charge is 2.24. The lowest BCUT2D eigenvalue weighted by Crippen LogP contribution is -2.33. The summed E-state index contributed by atoms with van der Waals surface area (Å²) in [5.74, 6) is 1.49. The quantitative estimate of drug-likeness (QED) is 0.228. The standard InChI is InChI=1S/C31H34ClN5O2/c1-37(2)16-6-8-23(38)17-21-12-14-24(15-13-21)39-25-9-5-7-22(18-25)35-31-34-20-28(32)30(36-31)27-19-33-29-11-4-3-10-26(27)29/h3-4,6,8,10-15,19-20,22,25,33H,5,7,9,16-18H2,1-2H3,(H,34,35,36)/b8-6+/t22-,25+/m1/s1. The number of para-hydroxylation sites is 1. The number of fused-ring (bicyclic) bond motifs is 1. The minimum absolute atomic E-state index is 0.0955. The fraction of sp³-hybridized carbons (Fsp3) is 0.323. The molecule has 2 atom stereocenters. The van der Waals surface area contributed by atoms with Gasteiger partial charge in [0.25, 0.3) is 0 Å². The summed E-state index contributed by atoms with van der Waals surface area (Å²) >= 11 is 6.51. The zero-order valence-electron chi connectivity index (χ0n) is 22.4. The van der Waals surface area contributed by atoms with Crippen molar-refractivity contribution in [2.24, 2.45) is 0 Å². The summed E-state index contributed by atoms with van der Waals surface area (Å²) in [5, 5.41) is 5.10. The summed E-state index contributed by atoms with van der Waals surface area (Å²) in [6, 6.07) is 16.2. The zero-order chi connectivity index (χ0) is 27.2. The number of aromatic nitrogens is 3. The minimum atomic E-state index is 0.0955. The fourth-order valence-corrected chi connectivity index (χ4v) is 5.18. The molecule has 0 bridgehead atoms. The summed E-state index contributed by atoms with van der Waals surface area (Å²) in [6.07, 6.45) is 11.6. The smallest absolute Gasteiger partial charge is 0.223 e. The number of rotatable bonds is 10. The Morgan fingerprint density at radius 2 is 2.00 bits per heavy atom. The van der Waals surface area contributed by atoms with Crippen molar-refractivity contribution in [1.82, 2.24) is 19.9 Å². The Balaban J connectivity index is 1.18. The van der Waals surface area contributed by atoms with Crippen LogP contribution in [0.4, 0.5) is 5.95 Å². The van der Waals surface area contributed by atoms with Crippen LogP contribution in [-0.2, 0) is 11.2 Å². The van der Waals surface area contributed by atoms with Crippen LogP contribution in [0.5, 0.6) is 5.75 Å². The number of carbonyl (C=O) groups excluding carboxylic acids is 1. The average Bonchev–Trinajstić information content (AvgIpc) is 3.35. The van der Waals surface area contributed by atoms with Gasteiger partial charge in [-0.15, -0.1) is 0 Å². The van der Waals surface area contributed by atoms with E-state index in [9.17, 15) is 4.79 Å². The van der Waals surface area contributed by atoms with Crippen LogP contribution < -0.4 is 10.1 Å². The first kappa shape index (κ1) is 26.9. The van der Waals surface area contributed by atoms with E-state index in [1.165, 1.54) is 0 Å². The molecular formula is C31H34ClN5O2. The van der Waals surface area contributed by atoms with E-state index in [-0.39, 0.29) is 17.9 Å². The van der Waals surface area contributed by atoms with Crippen molar-refractivity contribution in [3.05, 3.63) is 83.7 Å². The van der Waals surface area contributed by atoms with Crippen LogP contribution in [0.25, 0.3) is 22.2 Å². The number of H-pyrrole nitrogens is 1. The van der Waals surface area contributed by atoms with Crippen LogP contribution in [0.1, 0.15) is 31.2 Å². The second-order valence-electron chi connectivity index (χ2n) is 10.3. The maximum atomic E-state index is 12.2. The first-order chi connectivity index (χ1) is 18.9. The number of hydrogen-bond acceptors (Lipinski definition) is 6. The molecular weight excluding hydrogens is 510 g/mol. The van der Waals surface area contributed by atoms with Gasteiger partial charge in [-0.2, -0.15) is 0 Å². The molecule has 0 spiro atoms. The number of aromatic amines is 1. The highest BCUT2D eigenvalue weighted by Crippen LogP contribution is 2.33. The maximum Gasteiger partial charge on any atom is 0.223 e. The normalized spacial score (nSPS) is 17.6. The Labute approximate surface area is 234 Å². The zero-order valence-corrected chi connectivity index (χ0v) is 23.1. The molecule has 5 rings (SSSR count). The molecule has 0 unspecified atom stereocenters. The molecule has 39 heavy (non-hydrogen) atoms. The SMILES string of the molecule is CN(C)C/C=C/C(=O)Cc1ccc(O[C@H]2CCC[C@@H](Nc3ncc(Cl)c(-c4c[nH]c5ccccc45)n3)C2)cc1. The second kappa shape index (κ2) is 12.5. The molecule has 0 amide bonds. The molecule has 2 heterocycles. The van der Waals surface area contributed by atoms with E-state index < -0.39 is 0 Å². The average molecular weight is 544 g/mol. The molecule has 0 radical (unpaired) electrons. The first-order valence-corrected chi connectivity index (χ1v) is 13.8. The molecule has 4 aromatic rings. The van der Waals surface area contributed by atoms with Crippen LogP contribution in [0.2, 0.25) is 5.02 Å². The lowest BCUT2D eigenvalue weighted by Gasteiger charge is -2.30. The van der Waals surface area contributed by atoms with Crippen LogP contribution in [0, 0.1) is 0 Å². The Morgan fingerprint density at radius 3 is 2.82 bits per heavy atom. The summed E-state index contributed by atoms with van der Waals surface area (Å²) < 4.78 is 6.31. The van der Waals surface area contributed by atoms with E-state index in [1.54, 1.807) is 12.3 Å². The minimum Gasteiger partial charge on any atom is -0.490 e. The van der Waals surface area contributed by atoms with Gasteiger partial charge in [0.15, 0.2) is 5.78 Å². The Bertz CT molecular complexity index is 1450. The van der Waals surface area contributed by atoms with Gasteiger partial charge in [0.1, 0.15) is 11.9 Å². The number of carbonyl (C=O) groups is 1. The van der Waals surface area contributed by atoms with Gasteiger partial charge >= 0.3 is 0 Å². The molecule has 0 saturated heterocycles. The molecule has 0 aliphatic heterocycles. The van der Waals surface area contributed by atoms with E-state index in [0.29, 0.717) is 23.1 Å². The van der Waals surface area contributed by atoms with Crippen LogP contribution in [0.3, 0.4) is 0 Å². The monoisotopic (exact) mass is 543 g/mol. The summed E-state index contributed by atoms with van der Waals surface area (Å²) in [5.41, 5.74) is 3.69. The summed E-state index contributed by atoms with van der Waals surface area (Å²) in [4.78, 5) is 26.7. The van der Waals surface area contributed by atoms with Crippen molar-refractivity contribution in [3.63, 3.8) is 0 Å². The van der Waals surface area contributed by atoms with Crippen molar-refractivity contribution >= 4 is 34.2 Å². The molecule has 7 nitrogen and oxygen atoms in total. The molecule has 1 fully saturated rings. The third-order valence-electron chi connectivity index (χ3n) is 6.93. The number of anilines is 1. The predicted molar refractivity (Wildman–Crippen MR) is 157 cm³/mol. The number of likely N-dealkylation sites (N-methyl/N-ethyl adjacent to an activating group) is 1. The van der Waals surface area contributed by atoms with Crippen LogP contribution in [-0.4, -0.2) is 58.4 Å². The third kappa shape index (κ3) is 7.05. The van der Waals surface area contributed by atoms with Crippen molar-refractivity contribution in [2.75, 3.05) is 26.0 Å². The van der Waals surface area contributed by atoms with Gasteiger partial charge < -0.3 is 19.9 Å². The van der Waals surface area contributed by atoms with E-state index in [0.717, 1.165) is 60.0 Å². The molecule has 8 heteroatoms. The summed E-state index contributed by atoms with van der Waals surface area (Å²) in [6.45, 7) is 0.755. The first-order valence-electron chi connectivity index (χ1n) is 13.4. The van der Waals surface area contributed by atoms with E-state index in [2.05, 4.69) is 21.4 Å². The number of ketones is 1. The Morgan fingerprint density at radius 1 is 1.18 bits per heavy atom. The lowest BCUT2D eigenvalue weighted by atomic mass is 9.93. The predicted octanol–water partition coefficient (Wildman–Crippen LogP) is 6.31. The Kier molecular flexibility index (Phi) is 8.59. The highest BCUT2D eigenvalue weighted by molar-refractivity contribution is 6.33. The van der Waals surface area contributed by atoms with E-state index >= 15 is 0 Å². The Hall–Kier alpha value is -3.68. The molecule has 2 aromatic heterocycles. The number of allylic oxidation sites excluding steroid dienone is 1. The highest BCUT2D eigenvalue weighted by atomic mass is 35.5. The van der Waals surface area contributed by atoms with Crippen molar-refractivity contribution < 1.29 is 9.53 Å². The topological polar surface area (TPSA) is 83.1 Å². The largest absolute Gasteiger partial charge is 0.490 e. The third-order valence-corrected chi connectivity index (χ3v) is 7.20. The van der Waals surface area contributed by atoms with Crippen molar-refractivity contribution in [3.8, 4) is 17.0 Å². The van der Waals surface area contributed by atoms with Gasteiger partial charge in [-0.3, -0.25) is 4.79 Å².